The molecule has 0 spiro atoms. The van der Waals surface area contributed by atoms with Crippen LogP contribution in [-0.2, 0) is 14.3 Å². The van der Waals surface area contributed by atoms with Gasteiger partial charge in [-0.05, 0) is 64.2 Å². The topological polar surface area (TPSA) is 108 Å². The number of carbonyl (C=O) groups is 3. The normalized spacial score (nSPS) is 15.5. The van der Waals surface area contributed by atoms with Crippen LogP contribution in [0.2, 0.25) is 0 Å². The van der Waals surface area contributed by atoms with Crippen LogP contribution in [0.4, 0.5) is 4.79 Å². The Hall–Kier alpha value is -2.61. The van der Waals surface area contributed by atoms with Gasteiger partial charge in [0, 0.05) is 12.6 Å². The van der Waals surface area contributed by atoms with Gasteiger partial charge in [-0.2, -0.15) is 0 Å². The van der Waals surface area contributed by atoms with E-state index < -0.39 is 23.6 Å². The minimum atomic E-state index is -0.909. The van der Waals surface area contributed by atoms with Gasteiger partial charge in [0.05, 0.1) is 6.61 Å². The van der Waals surface area contributed by atoms with E-state index in [1.807, 2.05) is 32.0 Å². The molecular weight excluding hydrogens is 422 g/mol. The number of carbonyl (C=O) groups excluding carboxylic acids is 3. The molecule has 184 valence electrons. The summed E-state index contributed by atoms with van der Waals surface area (Å²) in [5.74, 6) is -0.736. The van der Waals surface area contributed by atoms with Gasteiger partial charge in [-0.1, -0.05) is 37.5 Å². The Bertz CT molecular complexity index is 808. The summed E-state index contributed by atoms with van der Waals surface area (Å²) in [6, 6.07) is 4.89. The molecule has 1 unspecified atom stereocenters. The van der Waals surface area contributed by atoms with Crippen LogP contribution < -0.4 is 10.6 Å². The van der Waals surface area contributed by atoms with Gasteiger partial charge in [0.2, 0.25) is 11.8 Å². The number of ether oxygens (including phenoxy) is 1. The third-order valence-corrected chi connectivity index (χ3v) is 5.77. The van der Waals surface area contributed by atoms with Crippen molar-refractivity contribution in [1.29, 1.82) is 0 Å². The average Bonchev–Trinajstić information content (AvgIpc) is 2.73. The first-order valence-corrected chi connectivity index (χ1v) is 11.8. The van der Waals surface area contributed by atoms with E-state index in [1.54, 1.807) is 20.8 Å². The molecule has 1 fully saturated rings. The van der Waals surface area contributed by atoms with E-state index in [-0.39, 0.29) is 31.6 Å². The molecule has 0 aromatic heterocycles. The van der Waals surface area contributed by atoms with Gasteiger partial charge in [0.1, 0.15) is 18.2 Å². The standard InChI is InChI=1S/C25H39N3O5/c1-17-10-9-11-18(2)21(17)22(23(31)27-19-12-7-6-8-13-19)28(14-15-29)20(30)16-26-24(32)33-25(3,4)5/h9-11,19,22,29H,6-8,12-16H2,1-5H3,(H,26,32)(H,27,31). The van der Waals surface area contributed by atoms with Crippen molar-refractivity contribution in [3.05, 3.63) is 34.9 Å². The summed E-state index contributed by atoms with van der Waals surface area (Å²) in [5, 5.41) is 15.3. The first kappa shape index (κ1) is 26.6. The number of amides is 3. The summed E-state index contributed by atoms with van der Waals surface area (Å²) in [7, 11) is 0. The molecule has 8 nitrogen and oxygen atoms in total. The van der Waals surface area contributed by atoms with Crippen molar-refractivity contribution in [3.8, 4) is 0 Å². The van der Waals surface area contributed by atoms with E-state index in [1.165, 1.54) is 4.90 Å². The monoisotopic (exact) mass is 461 g/mol. The predicted octanol–water partition coefficient (Wildman–Crippen LogP) is 3.14. The maximum absolute atomic E-state index is 13.6. The molecule has 1 aliphatic carbocycles. The molecule has 33 heavy (non-hydrogen) atoms. The summed E-state index contributed by atoms with van der Waals surface area (Å²) in [6.07, 6.45) is 4.42. The summed E-state index contributed by atoms with van der Waals surface area (Å²) < 4.78 is 5.21. The number of nitrogens with one attached hydrogen (secondary N) is 2. The van der Waals surface area contributed by atoms with Crippen molar-refractivity contribution < 1.29 is 24.2 Å². The molecule has 0 aliphatic heterocycles. The lowest BCUT2D eigenvalue weighted by atomic mass is 9.92. The van der Waals surface area contributed by atoms with Gasteiger partial charge in [0.25, 0.3) is 0 Å². The van der Waals surface area contributed by atoms with Crippen molar-refractivity contribution in [2.24, 2.45) is 0 Å². The molecule has 1 aliphatic rings. The number of hydrogen-bond donors (Lipinski definition) is 3. The molecule has 1 aromatic rings. The second-order valence-corrected chi connectivity index (χ2v) is 9.72. The van der Waals surface area contributed by atoms with Crippen LogP contribution in [0.1, 0.15) is 75.6 Å². The second-order valence-electron chi connectivity index (χ2n) is 9.72. The van der Waals surface area contributed by atoms with E-state index in [2.05, 4.69) is 10.6 Å². The Kier molecular flexibility index (Phi) is 9.70. The molecule has 0 bridgehead atoms. The van der Waals surface area contributed by atoms with Gasteiger partial charge >= 0.3 is 6.09 Å². The van der Waals surface area contributed by atoms with Crippen LogP contribution in [0, 0.1) is 13.8 Å². The van der Waals surface area contributed by atoms with Gasteiger partial charge in [0.15, 0.2) is 0 Å². The summed E-state index contributed by atoms with van der Waals surface area (Å²) in [6.45, 7) is 8.33. The number of alkyl carbamates (subject to hydrolysis) is 1. The smallest absolute Gasteiger partial charge is 0.408 e. The number of benzene rings is 1. The molecule has 1 aromatic carbocycles. The fourth-order valence-electron chi connectivity index (χ4n) is 4.28. The third-order valence-electron chi connectivity index (χ3n) is 5.77. The van der Waals surface area contributed by atoms with Crippen LogP contribution in [0.15, 0.2) is 18.2 Å². The van der Waals surface area contributed by atoms with Gasteiger partial charge < -0.3 is 25.4 Å². The van der Waals surface area contributed by atoms with Crippen LogP contribution in [0.3, 0.4) is 0 Å². The predicted molar refractivity (Wildman–Crippen MR) is 127 cm³/mol. The maximum atomic E-state index is 13.6. The second kappa shape index (κ2) is 12.0. The summed E-state index contributed by atoms with van der Waals surface area (Å²) >= 11 is 0. The van der Waals surface area contributed by atoms with Gasteiger partial charge in [-0.3, -0.25) is 9.59 Å². The molecule has 1 saturated carbocycles. The molecule has 3 N–H and O–H groups in total. The Morgan fingerprint density at radius 3 is 2.27 bits per heavy atom. The lowest BCUT2D eigenvalue weighted by Crippen LogP contribution is -2.50. The van der Waals surface area contributed by atoms with Gasteiger partial charge in [-0.15, -0.1) is 0 Å². The minimum absolute atomic E-state index is 0.0363. The highest BCUT2D eigenvalue weighted by atomic mass is 16.6. The Morgan fingerprint density at radius 1 is 1.12 bits per heavy atom. The quantitative estimate of drug-likeness (QED) is 0.551. The number of aryl methyl sites for hydroxylation is 2. The average molecular weight is 462 g/mol. The Balaban J connectivity index is 2.31. The van der Waals surface area contributed by atoms with Crippen molar-refractivity contribution in [3.63, 3.8) is 0 Å². The maximum Gasteiger partial charge on any atom is 0.408 e. The SMILES string of the molecule is Cc1cccc(C)c1C(C(=O)NC1CCCCC1)N(CCO)C(=O)CNC(=O)OC(C)(C)C. The fourth-order valence-corrected chi connectivity index (χ4v) is 4.28. The summed E-state index contributed by atoms with van der Waals surface area (Å²) in [5.41, 5.74) is 1.81. The van der Waals surface area contributed by atoms with Crippen molar-refractivity contribution >= 4 is 17.9 Å². The summed E-state index contributed by atoms with van der Waals surface area (Å²) in [4.78, 5) is 40.2. The molecule has 1 atom stereocenters. The molecule has 8 heteroatoms. The van der Waals surface area contributed by atoms with Crippen LogP contribution >= 0.6 is 0 Å². The number of nitrogens with zero attached hydrogens (tertiary/aromatic N) is 1. The zero-order valence-corrected chi connectivity index (χ0v) is 20.6. The Labute approximate surface area is 197 Å². The molecule has 0 radical (unpaired) electrons. The van der Waals surface area contributed by atoms with E-state index in [0.29, 0.717) is 0 Å². The number of rotatable bonds is 8. The highest BCUT2D eigenvalue weighted by molar-refractivity contribution is 5.91. The van der Waals surface area contributed by atoms with Gasteiger partial charge in [-0.25, -0.2) is 4.79 Å². The molecule has 2 rings (SSSR count). The van der Waals surface area contributed by atoms with Crippen molar-refractivity contribution in [1.82, 2.24) is 15.5 Å². The lowest BCUT2D eigenvalue weighted by molar-refractivity contribution is -0.141. The molecular formula is C25H39N3O5. The van der Waals surface area contributed by atoms with Crippen LogP contribution in [0.5, 0.6) is 0 Å². The first-order valence-electron chi connectivity index (χ1n) is 11.8. The zero-order chi connectivity index (χ0) is 24.6. The molecule has 0 heterocycles. The Morgan fingerprint density at radius 2 is 1.73 bits per heavy atom. The van der Waals surface area contributed by atoms with E-state index in [9.17, 15) is 19.5 Å². The molecule has 0 saturated heterocycles. The van der Waals surface area contributed by atoms with E-state index in [0.717, 1.165) is 48.8 Å². The minimum Gasteiger partial charge on any atom is -0.444 e. The molecule has 3 amide bonds. The highest BCUT2D eigenvalue weighted by Crippen LogP contribution is 2.29. The fraction of sp³-hybridized carbons (Fsp3) is 0.640. The lowest BCUT2D eigenvalue weighted by Gasteiger charge is -2.34. The van der Waals surface area contributed by atoms with Crippen molar-refractivity contribution in [2.45, 2.75) is 84.4 Å². The number of aliphatic hydroxyl groups is 1. The third kappa shape index (κ3) is 8.03. The van der Waals surface area contributed by atoms with Crippen LogP contribution in [0.25, 0.3) is 0 Å². The number of hydrogen-bond acceptors (Lipinski definition) is 5. The number of aliphatic hydroxyl groups excluding tert-OH is 1. The van der Waals surface area contributed by atoms with Crippen molar-refractivity contribution in [2.75, 3.05) is 19.7 Å². The first-order chi connectivity index (χ1) is 15.5. The van der Waals surface area contributed by atoms with E-state index in [4.69, 9.17) is 4.74 Å². The highest BCUT2D eigenvalue weighted by Gasteiger charge is 2.34. The zero-order valence-electron chi connectivity index (χ0n) is 20.6. The van der Waals surface area contributed by atoms with E-state index >= 15 is 0 Å². The largest absolute Gasteiger partial charge is 0.444 e. The van der Waals surface area contributed by atoms with Crippen LogP contribution in [-0.4, -0.2) is 59.3 Å².